The summed E-state index contributed by atoms with van der Waals surface area (Å²) in [7, 11) is 0. The average Bonchev–Trinajstić information content (AvgIpc) is 2.68. The van der Waals surface area contributed by atoms with Gasteiger partial charge in [0.2, 0.25) is 5.88 Å². The zero-order valence-corrected chi connectivity index (χ0v) is 17.5. The molecule has 2 aromatic rings. The fourth-order valence-electron chi connectivity index (χ4n) is 3.86. The predicted molar refractivity (Wildman–Crippen MR) is 110 cm³/mol. The zero-order valence-electron chi connectivity index (χ0n) is 17.5. The van der Waals surface area contributed by atoms with Gasteiger partial charge in [-0.05, 0) is 64.3 Å². The molecule has 1 saturated heterocycles. The zero-order chi connectivity index (χ0) is 20.9. The maximum Gasteiger partial charge on any atom is 0.233 e. The third kappa shape index (κ3) is 6.07. The van der Waals surface area contributed by atoms with Gasteiger partial charge >= 0.3 is 0 Å². The fourth-order valence-corrected chi connectivity index (χ4v) is 3.86. The number of carbonyl (C=O) groups is 1. The van der Waals surface area contributed by atoms with Crippen LogP contribution in [0.1, 0.15) is 50.8 Å². The van der Waals surface area contributed by atoms with Gasteiger partial charge in [0.05, 0.1) is 11.9 Å². The number of benzene rings is 1. The maximum atomic E-state index is 14.1. The molecule has 1 aliphatic heterocycles. The van der Waals surface area contributed by atoms with Gasteiger partial charge in [-0.25, -0.2) is 9.37 Å². The molecule has 1 aromatic carbocycles. The van der Waals surface area contributed by atoms with Crippen LogP contribution in [0.15, 0.2) is 36.7 Å². The number of rotatable bonds is 7. The quantitative estimate of drug-likeness (QED) is 0.658. The summed E-state index contributed by atoms with van der Waals surface area (Å²) >= 11 is 0. The van der Waals surface area contributed by atoms with Gasteiger partial charge in [0.1, 0.15) is 17.7 Å². The Hall–Kier alpha value is -2.34. The Morgan fingerprint density at radius 3 is 2.62 bits per heavy atom. The van der Waals surface area contributed by atoms with Crippen LogP contribution in [0, 0.1) is 11.7 Å². The molecule has 0 bridgehead atoms. The first kappa shape index (κ1) is 21.4. The number of ether oxygens (including phenoxy) is 1. The second-order valence-corrected chi connectivity index (χ2v) is 8.68. The van der Waals surface area contributed by atoms with E-state index in [1.165, 1.54) is 6.07 Å². The maximum absolute atomic E-state index is 14.1. The number of hydrogen-bond donors (Lipinski definition) is 0. The summed E-state index contributed by atoms with van der Waals surface area (Å²) < 4.78 is 19.9. The lowest BCUT2D eigenvalue weighted by molar-refractivity contribution is -0.110. The van der Waals surface area contributed by atoms with E-state index in [-0.39, 0.29) is 23.3 Å². The molecule has 0 spiro atoms. The molecule has 3 rings (SSSR count). The Balaban J connectivity index is 1.52. The van der Waals surface area contributed by atoms with Crippen LogP contribution in [0.4, 0.5) is 4.39 Å². The summed E-state index contributed by atoms with van der Waals surface area (Å²) in [4.78, 5) is 22.8. The normalized spacial score (nSPS) is 17.1. The number of likely N-dealkylation sites (tertiary alicyclic amines) is 1. The van der Waals surface area contributed by atoms with Gasteiger partial charge in [-0.15, -0.1) is 0 Å². The average molecular weight is 400 g/mol. The van der Waals surface area contributed by atoms with E-state index in [1.54, 1.807) is 30.6 Å². The van der Waals surface area contributed by atoms with Gasteiger partial charge < -0.3 is 14.4 Å². The summed E-state index contributed by atoms with van der Waals surface area (Å²) in [5.74, 6) is 0.0785. The van der Waals surface area contributed by atoms with E-state index < -0.39 is 0 Å². The van der Waals surface area contributed by atoms with Crippen molar-refractivity contribution < 1.29 is 13.9 Å². The summed E-state index contributed by atoms with van der Waals surface area (Å²) in [5.41, 5.74) is 1.13. The molecule has 0 saturated carbocycles. The van der Waals surface area contributed by atoms with Crippen molar-refractivity contribution >= 4 is 6.29 Å². The van der Waals surface area contributed by atoms with Crippen LogP contribution in [0.25, 0.3) is 0 Å². The van der Waals surface area contributed by atoms with E-state index >= 15 is 0 Å². The molecule has 1 aromatic heterocycles. The van der Waals surface area contributed by atoms with Crippen LogP contribution in [0.5, 0.6) is 5.88 Å². The molecule has 2 heterocycles. The van der Waals surface area contributed by atoms with Crippen molar-refractivity contribution in [3.8, 4) is 5.88 Å². The first-order valence-corrected chi connectivity index (χ1v) is 10.3. The number of piperidine rings is 1. The molecule has 6 heteroatoms. The van der Waals surface area contributed by atoms with E-state index in [0.717, 1.165) is 50.9 Å². The summed E-state index contributed by atoms with van der Waals surface area (Å²) in [5, 5.41) is 0. The predicted octanol–water partition coefficient (Wildman–Crippen LogP) is 4.03. The Bertz CT molecular complexity index is 814. The van der Waals surface area contributed by atoms with Crippen molar-refractivity contribution in [3.05, 3.63) is 53.7 Å². The lowest BCUT2D eigenvalue weighted by Crippen LogP contribution is -2.37. The lowest BCUT2D eigenvalue weighted by atomic mass is 9.80. The minimum atomic E-state index is -0.365. The number of hydrogen-bond acceptors (Lipinski definition) is 5. The van der Waals surface area contributed by atoms with Gasteiger partial charge in [-0.3, -0.25) is 4.98 Å². The second-order valence-electron chi connectivity index (χ2n) is 8.68. The SMILES string of the molecule is CC(C)(C)Oc1cncc(CCN2CCC(C(C=O)c3ccccc3F)CC2)n1. The number of halogens is 1. The minimum absolute atomic E-state index is 0.184. The molecular weight excluding hydrogens is 369 g/mol. The van der Waals surface area contributed by atoms with Gasteiger partial charge in [-0.2, -0.15) is 0 Å². The summed E-state index contributed by atoms with van der Waals surface area (Å²) in [6.45, 7) is 8.63. The van der Waals surface area contributed by atoms with E-state index in [4.69, 9.17) is 4.74 Å². The number of nitrogens with zero attached hydrogens (tertiary/aromatic N) is 3. The Kier molecular flexibility index (Phi) is 6.96. The highest BCUT2D eigenvalue weighted by atomic mass is 19.1. The fraction of sp³-hybridized carbons (Fsp3) is 0.522. The van der Waals surface area contributed by atoms with Gasteiger partial charge in [0.25, 0.3) is 0 Å². The van der Waals surface area contributed by atoms with Crippen molar-refractivity contribution in [3.63, 3.8) is 0 Å². The van der Waals surface area contributed by atoms with Crippen LogP contribution >= 0.6 is 0 Å². The first-order chi connectivity index (χ1) is 13.9. The van der Waals surface area contributed by atoms with Crippen molar-refractivity contribution in [2.45, 2.75) is 51.6 Å². The van der Waals surface area contributed by atoms with E-state index in [2.05, 4.69) is 14.9 Å². The van der Waals surface area contributed by atoms with E-state index in [1.807, 2.05) is 20.8 Å². The Labute approximate surface area is 172 Å². The van der Waals surface area contributed by atoms with Crippen molar-refractivity contribution in [1.29, 1.82) is 0 Å². The minimum Gasteiger partial charge on any atom is -0.471 e. The molecule has 1 aliphatic rings. The van der Waals surface area contributed by atoms with Crippen LogP contribution in [0.3, 0.4) is 0 Å². The van der Waals surface area contributed by atoms with Gasteiger partial charge in [0.15, 0.2) is 0 Å². The Morgan fingerprint density at radius 1 is 1.24 bits per heavy atom. The van der Waals surface area contributed by atoms with Gasteiger partial charge in [0, 0.05) is 25.1 Å². The number of aromatic nitrogens is 2. The standard InChI is InChI=1S/C23H30FN3O2/c1-23(2,3)29-22-15-25-14-18(26-22)10-13-27-11-8-17(9-12-27)20(16-28)19-6-4-5-7-21(19)24/h4-7,14-17,20H,8-13H2,1-3H3. The third-order valence-electron chi connectivity index (χ3n) is 5.31. The molecule has 5 nitrogen and oxygen atoms in total. The van der Waals surface area contributed by atoms with Crippen LogP contribution in [-0.4, -0.2) is 46.4 Å². The second kappa shape index (κ2) is 9.44. The molecular formula is C23H30FN3O2. The van der Waals surface area contributed by atoms with Crippen molar-refractivity contribution in [2.75, 3.05) is 19.6 Å². The summed E-state index contributed by atoms with van der Waals surface area (Å²) in [6.07, 6.45) is 6.90. The monoisotopic (exact) mass is 399 g/mol. The summed E-state index contributed by atoms with van der Waals surface area (Å²) in [6, 6.07) is 6.61. The first-order valence-electron chi connectivity index (χ1n) is 10.3. The molecule has 0 radical (unpaired) electrons. The topological polar surface area (TPSA) is 55.3 Å². The molecule has 1 fully saturated rings. The lowest BCUT2D eigenvalue weighted by Gasteiger charge is -2.34. The molecule has 0 N–H and O–H groups in total. The molecule has 0 amide bonds. The molecule has 0 aliphatic carbocycles. The molecule has 1 unspecified atom stereocenters. The number of aldehydes is 1. The van der Waals surface area contributed by atoms with E-state index in [9.17, 15) is 9.18 Å². The highest BCUT2D eigenvalue weighted by molar-refractivity contribution is 5.63. The van der Waals surface area contributed by atoms with Crippen LogP contribution in [0.2, 0.25) is 0 Å². The highest BCUT2D eigenvalue weighted by Gasteiger charge is 2.29. The molecule has 1 atom stereocenters. The van der Waals surface area contributed by atoms with E-state index in [0.29, 0.717) is 11.4 Å². The van der Waals surface area contributed by atoms with Crippen LogP contribution < -0.4 is 4.74 Å². The smallest absolute Gasteiger partial charge is 0.233 e. The third-order valence-corrected chi connectivity index (χ3v) is 5.31. The van der Waals surface area contributed by atoms with Crippen molar-refractivity contribution in [1.82, 2.24) is 14.9 Å². The number of carbonyl (C=O) groups excluding carboxylic acids is 1. The van der Waals surface area contributed by atoms with Crippen LogP contribution in [-0.2, 0) is 11.2 Å². The molecule has 29 heavy (non-hydrogen) atoms. The Morgan fingerprint density at radius 2 is 1.97 bits per heavy atom. The molecule has 156 valence electrons. The largest absolute Gasteiger partial charge is 0.471 e. The van der Waals surface area contributed by atoms with Gasteiger partial charge in [-0.1, -0.05) is 18.2 Å². The highest BCUT2D eigenvalue weighted by Crippen LogP contribution is 2.32. The van der Waals surface area contributed by atoms with Crippen molar-refractivity contribution in [2.24, 2.45) is 5.92 Å².